The first kappa shape index (κ1) is 21.0. The van der Waals surface area contributed by atoms with Crippen molar-refractivity contribution in [2.24, 2.45) is 21.8 Å². The number of nitrogens with zero attached hydrogens (tertiary/aromatic N) is 2. The second kappa shape index (κ2) is 7.61. The molecule has 1 aliphatic heterocycles. The van der Waals surface area contributed by atoms with E-state index in [2.05, 4.69) is 62.7 Å². The summed E-state index contributed by atoms with van der Waals surface area (Å²) in [5.74, 6) is 0.926. The molecule has 2 fully saturated rings. The molecule has 0 spiro atoms. The van der Waals surface area contributed by atoms with Crippen LogP contribution in [0.5, 0.6) is 0 Å². The second-order valence-electron chi connectivity index (χ2n) is 10.6. The molecule has 31 heavy (non-hydrogen) atoms. The number of carbonyl (C=O) groups excluding carboxylic acids is 1. The summed E-state index contributed by atoms with van der Waals surface area (Å²) in [4.78, 5) is 13.3. The van der Waals surface area contributed by atoms with Crippen LogP contribution in [0.4, 0.5) is 4.79 Å². The minimum absolute atomic E-state index is 0.00870. The number of carbonyl (C=O) groups is 1. The smallest absolute Gasteiger partial charge is 0.333 e. The van der Waals surface area contributed by atoms with Crippen molar-refractivity contribution in [3.63, 3.8) is 0 Å². The SMILES string of the molecule is CCCCC1=NN(C(=O)N[C@H]2CC3CCC2(C)C3(C)C)CC1c1csc2ccccc12. The van der Waals surface area contributed by atoms with Crippen molar-refractivity contribution in [3.05, 3.63) is 35.2 Å². The summed E-state index contributed by atoms with van der Waals surface area (Å²) in [7, 11) is 0. The Morgan fingerprint density at radius 2 is 2.10 bits per heavy atom. The number of nitrogens with one attached hydrogen (secondary N) is 1. The Hall–Kier alpha value is -1.88. The van der Waals surface area contributed by atoms with E-state index in [1.54, 1.807) is 16.3 Å². The molecule has 5 rings (SSSR count). The van der Waals surface area contributed by atoms with Crippen molar-refractivity contribution in [1.29, 1.82) is 0 Å². The molecule has 166 valence electrons. The minimum Gasteiger partial charge on any atom is -0.333 e. The molecular formula is C26H35N3OS. The van der Waals surface area contributed by atoms with Crippen LogP contribution < -0.4 is 5.32 Å². The number of fused-ring (bicyclic) bond motifs is 3. The number of amides is 2. The molecule has 2 aromatic rings. The van der Waals surface area contributed by atoms with Crippen molar-refractivity contribution in [2.45, 2.75) is 78.2 Å². The summed E-state index contributed by atoms with van der Waals surface area (Å²) in [6.45, 7) is 10.0. The molecule has 2 saturated carbocycles. The maximum absolute atomic E-state index is 13.3. The van der Waals surface area contributed by atoms with Gasteiger partial charge in [-0.25, -0.2) is 9.80 Å². The van der Waals surface area contributed by atoms with Gasteiger partial charge in [0.2, 0.25) is 0 Å². The number of hydrogen-bond donors (Lipinski definition) is 1. The molecule has 2 aliphatic carbocycles. The molecule has 2 heterocycles. The van der Waals surface area contributed by atoms with Crippen LogP contribution in [-0.2, 0) is 0 Å². The van der Waals surface area contributed by atoms with Crippen molar-refractivity contribution < 1.29 is 4.79 Å². The third-order valence-electron chi connectivity index (χ3n) is 9.01. The Kier molecular flexibility index (Phi) is 5.16. The standard InChI is InChI=1S/C26H35N3OS/c1-5-6-10-21-19(20-16-31-22-11-8-7-9-18(20)22)15-29(28-21)24(30)27-23-14-17-12-13-26(23,4)25(17,2)3/h7-9,11,16-17,19,23H,5-6,10,12-15H2,1-4H3,(H,27,30)/t17?,19?,23-,26?/m0/s1. The van der Waals surface area contributed by atoms with E-state index in [0.717, 1.165) is 31.6 Å². The monoisotopic (exact) mass is 437 g/mol. The Labute approximate surface area is 190 Å². The summed E-state index contributed by atoms with van der Waals surface area (Å²) >= 11 is 1.80. The van der Waals surface area contributed by atoms with Crippen LogP contribution in [0.1, 0.15) is 77.7 Å². The molecule has 5 heteroatoms. The van der Waals surface area contributed by atoms with Gasteiger partial charge in [-0.15, -0.1) is 11.3 Å². The van der Waals surface area contributed by atoms with Crippen LogP contribution in [0.15, 0.2) is 34.7 Å². The maximum Gasteiger partial charge on any atom is 0.338 e. The van der Waals surface area contributed by atoms with Gasteiger partial charge in [-0.1, -0.05) is 52.3 Å². The van der Waals surface area contributed by atoms with E-state index in [1.165, 1.54) is 34.2 Å². The average Bonchev–Trinajstić information content (AvgIpc) is 3.46. The zero-order valence-electron chi connectivity index (χ0n) is 19.3. The van der Waals surface area contributed by atoms with E-state index in [9.17, 15) is 4.79 Å². The first-order valence-corrected chi connectivity index (χ1v) is 12.8. The Morgan fingerprint density at radius 1 is 1.29 bits per heavy atom. The normalized spacial score (nSPS) is 31.4. The number of hydrogen-bond acceptors (Lipinski definition) is 3. The summed E-state index contributed by atoms with van der Waals surface area (Å²) in [5.41, 5.74) is 2.98. The second-order valence-corrected chi connectivity index (χ2v) is 11.5. The molecule has 2 amide bonds. The highest BCUT2D eigenvalue weighted by atomic mass is 32.1. The fraction of sp³-hybridized carbons (Fsp3) is 0.615. The molecule has 0 radical (unpaired) electrons. The lowest BCUT2D eigenvalue weighted by Gasteiger charge is -2.39. The molecule has 4 nitrogen and oxygen atoms in total. The zero-order chi connectivity index (χ0) is 21.8. The molecule has 1 aromatic heterocycles. The van der Waals surface area contributed by atoms with E-state index in [4.69, 9.17) is 5.10 Å². The van der Waals surface area contributed by atoms with Gasteiger partial charge < -0.3 is 5.32 Å². The third-order valence-corrected chi connectivity index (χ3v) is 9.99. The molecule has 3 unspecified atom stereocenters. The number of benzene rings is 1. The van der Waals surface area contributed by atoms with Gasteiger partial charge in [0.25, 0.3) is 0 Å². The molecule has 1 aromatic carbocycles. The van der Waals surface area contributed by atoms with Gasteiger partial charge in [0.15, 0.2) is 0 Å². The van der Waals surface area contributed by atoms with Gasteiger partial charge in [-0.05, 0) is 71.2 Å². The molecular weight excluding hydrogens is 402 g/mol. The first-order valence-electron chi connectivity index (χ1n) is 12.0. The number of unbranched alkanes of at least 4 members (excludes halogenated alkanes) is 1. The number of rotatable bonds is 5. The zero-order valence-corrected chi connectivity index (χ0v) is 20.1. The fourth-order valence-electron chi connectivity index (χ4n) is 6.45. The fourth-order valence-corrected chi connectivity index (χ4v) is 7.46. The van der Waals surface area contributed by atoms with Crippen LogP contribution in [0.25, 0.3) is 10.1 Å². The Morgan fingerprint density at radius 3 is 2.81 bits per heavy atom. The Balaban J connectivity index is 1.36. The van der Waals surface area contributed by atoms with Crippen molar-refractivity contribution >= 4 is 33.2 Å². The van der Waals surface area contributed by atoms with Crippen molar-refractivity contribution in [1.82, 2.24) is 10.3 Å². The van der Waals surface area contributed by atoms with Gasteiger partial charge in [0.1, 0.15) is 0 Å². The van der Waals surface area contributed by atoms with Crippen LogP contribution in [0, 0.1) is 16.7 Å². The van der Waals surface area contributed by atoms with E-state index < -0.39 is 0 Å². The van der Waals surface area contributed by atoms with Gasteiger partial charge in [0.05, 0.1) is 6.54 Å². The van der Waals surface area contributed by atoms with Crippen LogP contribution >= 0.6 is 11.3 Å². The minimum atomic E-state index is -0.00870. The molecule has 2 bridgehead atoms. The predicted molar refractivity (Wildman–Crippen MR) is 130 cm³/mol. The number of thiophene rings is 1. The van der Waals surface area contributed by atoms with E-state index in [1.807, 2.05) is 0 Å². The number of urea groups is 1. The summed E-state index contributed by atoms with van der Waals surface area (Å²) in [6, 6.07) is 8.84. The van der Waals surface area contributed by atoms with Crippen molar-refractivity contribution in [3.8, 4) is 0 Å². The van der Waals surface area contributed by atoms with Gasteiger partial charge in [-0.3, -0.25) is 0 Å². The highest BCUT2D eigenvalue weighted by Gasteiger charge is 2.61. The highest BCUT2D eigenvalue weighted by Crippen LogP contribution is 2.65. The number of hydrazone groups is 1. The predicted octanol–water partition coefficient (Wildman–Crippen LogP) is 6.77. The largest absolute Gasteiger partial charge is 0.338 e. The maximum atomic E-state index is 13.3. The van der Waals surface area contributed by atoms with Gasteiger partial charge >= 0.3 is 6.03 Å². The lowest BCUT2D eigenvalue weighted by atomic mass is 9.69. The lowest BCUT2D eigenvalue weighted by Crippen LogP contribution is -2.50. The van der Waals surface area contributed by atoms with Crippen LogP contribution in [0.2, 0.25) is 0 Å². The summed E-state index contributed by atoms with van der Waals surface area (Å²) in [6.07, 6.45) is 6.83. The topological polar surface area (TPSA) is 44.7 Å². The summed E-state index contributed by atoms with van der Waals surface area (Å²) in [5, 5.41) is 13.6. The van der Waals surface area contributed by atoms with Gasteiger partial charge in [-0.2, -0.15) is 5.10 Å². The molecule has 3 aliphatic rings. The van der Waals surface area contributed by atoms with Gasteiger partial charge in [0, 0.05) is 22.4 Å². The quantitative estimate of drug-likeness (QED) is 0.551. The Bertz CT molecular complexity index is 1020. The lowest BCUT2D eigenvalue weighted by molar-refractivity contribution is 0.118. The molecule has 4 atom stereocenters. The van der Waals surface area contributed by atoms with E-state index >= 15 is 0 Å². The molecule has 1 N–H and O–H groups in total. The van der Waals surface area contributed by atoms with E-state index in [0.29, 0.717) is 12.0 Å². The van der Waals surface area contributed by atoms with Crippen molar-refractivity contribution in [2.75, 3.05) is 6.54 Å². The van der Waals surface area contributed by atoms with E-state index in [-0.39, 0.29) is 23.4 Å². The highest BCUT2D eigenvalue weighted by molar-refractivity contribution is 7.17. The third kappa shape index (κ3) is 3.23. The first-order chi connectivity index (χ1) is 14.8. The average molecular weight is 438 g/mol. The summed E-state index contributed by atoms with van der Waals surface area (Å²) < 4.78 is 1.31. The van der Waals surface area contributed by atoms with Crippen LogP contribution in [-0.4, -0.2) is 29.3 Å². The molecule has 0 saturated heterocycles. The van der Waals surface area contributed by atoms with Crippen LogP contribution in [0.3, 0.4) is 0 Å².